The van der Waals surface area contributed by atoms with Gasteiger partial charge in [-0.1, -0.05) is 29.8 Å². The van der Waals surface area contributed by atoms with Crippen molar-refractivity contribution in [3.8, 4) is 0 Å². The Morgan fingerprint density at radius 2 is 1.52 bits per heavy atom. The molecule has 0 radical (unpaired) electrons. The fourth-order valence-electron chi connectivity index (χ4n) is 1.65. The first-order chi connectivity index (χ1) is 11.0. The number of aliphatic hydroxyl groups excluding tert-OH is 1. The van der Waals surface area contributed by atoms with Crippen molar-refractivity contribution in [1.82, 2.24) is 0 Å². The van der Waals surface area contributed by atoms with Crippen LogP contribution in [0.2, 0.25) is 5.02 Å². The molecule has 2 rings (SSSR count). The van der Waals surface area contributed by atoms with Gasteiger partial charge < -0.3 is 10.2 Å². The highest BCUT2D eigenvalue weighted by atomic mass is 35.5. The molecule has 0 aliphatic carbocycles. The van der Waals surface area contributed by atoms with E-state index in [-0.39, 0.29) is 5.56 Å². The number of azo groups is 1. The minimum absolute atomic E-state index is 0.200. The van der Waals surface area contributed by atoms with Crippen molar-refractivity contribution in [1.29, 1.82) is 0 Å². The summed E-state index contributed by atoms with van der Waals surface area (Å²) in [6.45, 7) is 0. The highest BCUT2D eigenvalue weighted by Crippen LogP contribution is 2.22. The Morgan fingerprint density at radius 3 is 2.09 bits per heavy atom. The van der Waals surface area contributed by atoms with E-state index in [0.717, 1.165) is 0 Å². The van der Waals surface area contributed by atoms with Gasteiger partial charge in [-0.15, -0.1) is 5.11 Å². The Morgan fingerprint density at radius 1 is 0.913 bits per heavy atom. The average Bonchev–Trinajstić information content (AvgIpc) is 2.56. The van der Waals surface area contributed by atoms with E-state index in [4.69, 9.17) is 16.7 Å². The summed E-state index contributed by atoms with van der Waals surface area (Å²) in [5.74, 6) is -3.70. The lowest BCUT2D eigenvalue weighted by Crippen LogP contribution is -2.15. The van der Waals surface area contributed by atoms with E-state index in [9.17, 15) is 14.7 Å². The van der Waals surface area contributed by atoms with Gasteiger partial charge in [0.15, 0.2) is 11.5 Å². The van der Waals surface area contributed by atoms with Crippen LogP contribution in [0.1, 0.15) is 5.56 Å². The number of carboxylic acids is 1. The third-order valence-electron chi connectivity index (χ3n) is 2.77. The van der Waals surface area contributed by atoms with Gasteiger partial charge in [0, 0.05) is 10.6 Å². The molecule has 0 aliphatic heterocycles. The number of nitrogens with zero attached hydrogens (tertiary/aromatic N) is 2. The predicted molar refractivity (Wildman–Crippen MR) is 84.6 cm³/mol. The second-order valence-electron chi connectivity index (χ2n) is 4.37. The minimum atomic E-state index is -1.74. The van der Waals surface area contributed by atoms with E-state index in [1.54, 1.807) is 30.3 Å². The molecule has 116 valence electrons. The lowest BCUT2D eigenvalue weighted by atomic mass is 10.1. The zero-order chi connectivity index (χ0) is 16.8. The molecule has 0 aromatic heterocycles. The number of aliphatic hydroxyl groups is 1. The molecule has 0 unspecified atom stereocenters. The molecule has 0 saturated heterocycles. The summed E-state index contributed by atoms with van der Waals surface area (Å²) in [7, 11) is 0. The largest absolute Gasteiger partial charge is 0.505 e. The number of aliphatic carboxylic acids is 1. The molecule has 0 bridgehead atoms. The molecular weight excluding hydrogens is 320 g/mol. The molecule has 0 atom stereocenters. The van der Waals surface area contributed by atoms with Gasteiger partial charge in [-0.2, -0.15) is 5.11 Å². The summed E-state index contributed by atoms with van der Waals surface area (Å²) in [6.07, 6.45) is 0. The first kappa shape index (κ1) is 16.4. The van der Waals surface area contributed by atoms with Crippen molar-refractivity contribution in [2.75, 3.05) is 0 Å². The lowest BCUT2D eigenvalue weighted by Gasteiger charge is -2.03. The average molecular weight is 331 g/mol. The maximum absolute atomic E-state index is 11.7. The SMILES string of the molecule is O=C(O)C(=O)/C(N=Nc1ccccc1)=C(\O)c1ccc(Cl)cc1. The summed E-state index contributed by atoms with van der Waals surface area (Å²) in [6, 6.07) is 14.3. The van der Waals surface area contributed by atoms with Gasteiger partial charge in [-0.3, -0.25) is 4.79 Å². The van der Waals surface area contributed by atoms with Crippen LogP contribution in [0.5, 0.6) is 0 Å². The second kappa shape index (κ2) is 7.33. The number of carbonyl (C=O) groups is 2. The highest BCUT2D eigenvalue weighted by molar-refractivity contribution is 6.40. The number of carbonyl (C=O) groups excluding carboxylic acids is 1. The van der Waals surface area contributed by atoms with Crippen LogP contribution >= 0.6 is 11.6 Å². The molecule has 2 N–H and O–H groups in total. The van der Waals surface area contributed by atoms with Gasteiger partial charge >= 0.3 is 5.97 Å². The summed E-state index contributed by atoms with van der Waals surface area (Å²) < 4.78 is 0. The predicted octanol–water partition coefficient (Wildman–Crippen LogP) is 4.00. The minimum Gasteiger partial charge on any atom is -0.505 e. The number of rotatable bonds is 5. The number of halogens is 1. The van der Waals surface area contributed by atoms with Crippen molar-refractivity contribution in [3.05, 3.63) is 70.9 Å². The number of benzene rings is 2. The number of Topliss-reactive ketones (excluding diaryl/α,β-unsaturated/α-hetero) is 1. The van der Waals surface area contributed by atoms with Crippen LogP contribution in [0.25, 0.3) is 5.76 Å². The molecule has 7 heteroatoms. The highest BCUT2D eigenvalue weighted by Gasteiger charge is 2.23. The topological polar surface area (TPSA) is 99.3 Å². The Bertz CT molecular complexity index is 783. The fraction of sp³-hybridized carbons (Fsp3) is 0. The van der Waals surface area contributed by atoms with Crippen LogP contribution < -0.4 is 0 Å². The Labute approximate surface area is 136 Å². The van der Waals surface area contributed by atoms with E-state index in [2.05, 4.69) is 10.2 Å². The first-order valence-electron chi connectivity index (χ1n) is 6.42. The van der Waals surface area contributed by atoms with Gasteiger partial charge in [0.05, 0.1) is 5.69 Å². The van der Waals surface area contributed by atoms with E-state index in [1.807, 2.05) is 0 Å². The van der Waals surface area contributed by atoms with Gasteiger partial charge in [-0.25, -0.2) is 4.79 Å². The Kier molecular flexibility index (Phi) is 5.22. The summed E-state index contributed by atoms with van der Waals surface area (Å²) in [5, 5.41) is 26.8. The van der Waals surface area contributed by atoms with Crippen molar-refractivity contribution < 1.29 is 19.8 Å². The van der Waals surface area contributed by atoms with Crippen LogP contribution in [0, 0.1) is 0 Å². The Hall–Kier alpha value is -2.99. The molecule has 0 fully saturated rings. The molecule has 2 aromatic rings. The fourth-order valence-corrected chi connectivity index (χ4v) is 1.77. The summed E-state index contributed by atoms with van der Waals surface area (Å²) in [5.41, 5.74) is -0.0539. The number of hydrogen-bond donors (Lipinski definition) is 2. The summed E-state index contributed by atoms with van der Waals surface area (Å²) >= 11 is 5.75. The van der Waals surface area contributed by atoms with Gasteiger partial charge in [0.1, 0.15) is 0 Å². The number of carboxylic acid groups (broad SMARTS) is 1. The molecule has 0 aliphatic rings. The second-order valence-corrected chi connectivity index (χ2v) is 4.81. The first-order valence-corrected chi connectivity index (χ1v) is 6.80. The third kappa shape index (κ3) is 4.24. The Balaban J connectivity index is 2.47. The standard InChI is InChI=1S/C16H11ClN2O4/c17-11-8-6-10(7-9-11)14(20)13(15(21)16(22)23)19-18-12-4-2-1-3-5-12/h1-9,20H,(H,22,23)/b14-13+,19-18?. The molecule has 0 heterocycles. The van der Waals surface area contributed by atoms with Crippen LogP contribution in [0.4, 0.5) is 5.69 Å². The van der Waals surface area contributed by atoms with Crippen molar-refractivity contribution >= 4 is 34.8 Å². The molecular formula is C16H11ClN2O4. The maximum Gasteiger partial charge on any atom is 0.379 e. The van der Waals surface area contributed by atoms with Crippen molar-refractivity contribution in [3.63, 3.8) is 0 Å². The van der Waals surface area contributed by atoms with Crippen LogP contribution in [0.15, 0.2) is 70.5 Å². The zero-order valence-electron chi connectivity index (χ0n) is 11.7. The molecule has 0 spiro atoms. The van der Waals surface area contributed by atoms with Crippen LogP contribution in [0.3, 0.4) is 0 Å². The van der Waals surface area contributed by atoms with Crippen LogP contribution in [-0.2, 0) is 9.59 Å². The third-order valence-corrected chi connectivity index (χ3v) is 3.02. The molecule has 23 heavy (non-hydrogen) atoms. The van der Waals surface area contributed by atoms with Gasteiger partial charge in [0.25, 0.3) is 5.78 Å². The van der Waals surface area contributed by atoms with E-state index < -0.39 is 23.2 Å². The van der Waals surface area contributed by atoms with Crippen LogP contribution in [-0.4, -0.2) is 22.0 Å². The number of hydrogen-bond acceptors (Lipinski definition) is 5. The smallest absolute Gasteiger partial charge is 0.379 e. The monoisotopic (exact) mass is 330 g/mol. The lowest BCUT2D eigenvalue weighted by molar-refractivity contribution is -0.147. The van der Waals surface area contributed by atoms with Gasteiger partial charge in [0.2, 0.25) is 0 Å². The quantitative estimate of drug-likeness (QED) is 0.374. The molecule has 2 aromatic carbocycles. The molecule has 0 amide bonds. The summed E-state index contributed by atoms with van der Waals surface area (Å²) in [4.78, 5) is 22.7. The maximum atomic E-state index is 11.7. The van der Waals surface area contributed by atoms with E-state index in [0.29, 0.717) is 10.7 Å². The zero-order valence-corrected chi connectivity index (χ0v) is 12.4. The normalized spacial score (nSPS) is 12.0. The van der Waals surface area contributed by atoms with E-state index in [1.165, 1.54) is 24.3 Å². The van der Waals surface area contributed by atoms with Crippen molar-refractivity contribution in [2.24, 2.45) is 10.2 Å². The van der Waals surface area contributed by atoms with Crippen molar-refractivity contribution in [2.45, 2.75) is 0 Å². The number of ketones is 1. The molecule has 6 nitrogen and oxygen atoms in total. The van der Waals surface area contributed by atoms with E-state index >= 15 is 0 Å². The van der Waals surface area contributed by atoms with Gasteiger partial charge in [-0.05, 0) is 36.4 Å². The molecule has 0 saturated carbocycles.